The number of benzene rings is 2. The van der Waals surface area contributed by atoms with Gasteiger partial charge in [-0.05, 0) is 17.5 Å². The number of amides is 2. The number of ether oxygens (including phenoxy) is 2. The van der Waals surface area contributed by atoms with Crippen LogP contribution in [-0.4, -0.2) is 86.9 Å². The van der Waals surface area contributed by atoms with Crippen LogP contribution in [0.15, 0.2) is 60.7 Å². The van der Waals surface area contributed by atoms with Gasteiger partial charge in [0.15, 0.2) is 5.79 Å². The number of carbonyl (C=O) groups is 2. The van der Waals surface area contributed by atoms with E-state index in [-0.39, 0.29) is 32.4 Å². The Hall–Kier alpha value is -3.06. The highest BCUT2D eigenvalue weighted by atomic mass is 16.6. The van der Waals surface area contributed by atoms with Crippen molar-refractivity contribution in [2.75, 3.05) is 13.2 Å². The Morgan fingerprint density at radius 1 is 1.00 bits per heavy atom. The van der Waals surface area contributed by atoms with Crippen molar-refractivity contribution in [1.82, 2.24) is 10.6 Å². The predicted octanol–water partition coefficient (Wildman–Crippen LogP) is -0.417. The van der Waals surface area contributed by atoms with Gasteiger partial charge in [0.2, 0.25) is 5.91 Å². The molecule has 1 aliphatic heterocycles. The fraction of sp³-hybridized carbons (Fsp3) is 0.462. The van der Waals surface area contributed by atoms with Gasteiger partial charge in [-0.3, -0.25) is 4.79 Å². The van der Waals surface area contributed by atoms with Crippen molar-refractivity contribution >= 4 is 12.0 Å². The minimum Gasteiger partial charge on any atom is -0.445 e. The summed E-state index contributed by atoms with van der Waals surface area (Å²) in [6.07, 6.45) is -6.60. The Kier molecular flexibility index (Phi) is 10.4. The van der Waals surface area contributed by atoms with Crippen molar-refractivity contribution in [2.24, 2.45) is 0 Å². The van der Waals surface area contributed by atoms with Gasteiger partial charge < -0.3 is 45.6 Å². The topological polar surface area (TPSA) is 178 Å². The number of carbonyl (C=O) groups excluding carboxylic acids is 2. The molecule has 0 radical (unpaired) electrons. The van der Waals surface area contributed by atoms with Crippen LogP contribution < -0.4 is 10.6 Å². The number of aliphatic hydroxyl groups is 5. The largest absolute Gasteiger partial charge is 0.445 e. The molecule has 37 heavy (non-hydrogen) atoms. The molecule has 0 saturated carbocycles. The molecule has 1 heterocycles. The molecule has 3 rings (SSSR count). The Bertz CT molecular complexity index is 994. The quantitative estimate of drug-likeness (QED) is 0.208. The number of rotatable bonds is 11. The third kappa shape index (κ3) is 8.22. The van der Waals surface area contributed by atoms with E-state index in [0.29, 0.717) is 5.56 Å². The second kappa shape index (κ2) is 13.5. The molecule has 7 N–H and O–H groups in total. The maximum atomic E-state index is 12.5. The molecule has 0 unspecified atom stereocenters. The summed E-state index contributed by atoms with van der Waals surface area (Å²) in [5.41, 5.74) is 1.37. The molecular formula is C26H34N2O9. The first-order valence-corrected chi connectivity index (χ1v) is 12.0. The lowest BCUT2D eigenvalue weighted by Crippen LogP contribution is -2.71. The van der Waals surface area contributed by atoms with Gasteiger partial charge in [0.1, 0.15) is 31.0 Å². The van der Waals surface area contributed by atoms with Crippen LogP contribution in [0.25, 0.3) is 0 Å². The predicted molar refractivity (Wildman–Crippen MR) is 131 cm³/mol. The van der Waals surface area contributed by atoms with Gasteiger partial charge in [-0.2, -0.15) is 0 Å². The molecule has 0 spiro atoms. The van der Waals surface area contributed by atoms with Gasteiger partial charge in [-0.1, -0.05) is 60.7 Å². The summed E-state index contributed by atoms with van der Waals surface area (Å²) < 4.78 is 11.0. The summed E-state index contributed by atoms with van der Waals surface area (Å²) >= 11 is 0. The zero-order chi connectivity index (χ0) is 26.8. The monoisotopic (exact) mass is 518 g/mol. The van der Waals surface area contributed by atoms with Crippen molar-refractivity contribution in [1.29, 1.82) is 0 Å². The number of hydrogen-bond acceptors (Lipinski definition) is 9. The van der Waals surface area contributed by atoms with E-state index in [0.717, 1.165) is 5.56 Å². The van der Waals surface area contributed by atoms with Crippen LogP contribution in [-0.2, 0) is 27.3 Å². The zero-order valence-corrected chi connectivity index (χ0v) is 20.3. The van der Waals surface area contributed by atoms with E-state index < -0.39 is 54.9 Å². The van der Waals surface area contributed by atoms with Crippen LogP contribution in [0, 0.1) is 0 Å². The molecule has 0 bridgehead atoms. The normalized spacial score (nSPS) is 26.2. The molecule has 1 fully saturated rings. The first-order chi connectivity index (χ1) is 17.7. The van der Waals surface area contributed by atoms with Crippen LogP contribution in [0.3, 0.4) is 0 Å². The van der Waals surface area contributed by atoms with Crippen molar-refractivity contribution in [3.63, 3.8) is 0 Å². The van der Waals surface area contributed by atoms with Crippen LogP contribution >= 0.6 is 0 Å². The Morgan fingerprint density at radius 3 is 2.24 bits per heavy atom. The van der Waals surface area contributed by atoms with Crippen LogP contribution in [0.1, 0.15) is 24.0 Å². The molecule has 1 aliphatic rings. The van der Waals surface area contributed by atoms with Crippen molar-refractivity contribution in [2.45, 2.75) is 62.1 Å². The number of nitrogens with one attached hydrogen (secondary N) is 2. The van der Waals surface area contributed by atoms with Gasteiger partial charge in [0, 0.05) is 19.4 Å². The lowest BCUT2D eigenvalue weighted by Gasteiger charge is -2.48. The van der Waals surface area contributed by atoms with E-state index >= 15 is 0 Å². The summed E-state index contributed by atoms with van der Waals surface area (Å²) in [5.74, 6) is -2.64. The van der Waals surface area contributed by atoms with E-state index in [1.54, 1.807) is 54.6 Å². The van der Waals surface area contributed by atoms with Gasteiger partial charge >= 0.3 is 6.09 Å². The van der Waals surface area contributed by atoms with Crippen LogP contribution in [0.4, 0.5) is 4.79 Å². The molecule has 0 aromatic heterocycles. The van der Waals surface area contributed by atoms with E-state index in [9.17, 15) is 30.0 Å². The minimum atomic E-state index is -2.16. The third-order valence-electron chi connectivity index (χ3n) is 6.12. The van der Waals surface area contributed by atoms with Gasteiger partial charge in [0.05, 0.1) is 12.7 Å². The van der Waals surface area contributed by atoms with Crippen molar-refractivity contribution < 1.29 is 44.6 Å². The maximum absolute atomic E-state index is 12.5. The lowest BCUT2D eigenvalue weighted by molar-refractivity contribution is -0.311. The molecule has 11 heteroatoms. The number of aliphatic hydroxyl groups excluding tert-OH is 4. The second-order valence-electron chi connectivity index (χ2n) is 9.01. The summed E-state index contributed by atoms with van der Waals surface area (Å²) in [7, 11) is 0. The smallest absolute Gasteiger partial charge is 0.407 e. The van der Waals surface area contributed by atoms with E-state index in [4.69, 9.17) is 14.6 Å². The highest BCUT2D eigenvalue weighted by Gasteiger charge is 2.54. The standard InChI is InChI=1S/C26H34N2O9/c29-15-19(30)11-12-21(31)27-14-20-22(32)23(33)24(26(35,37-20)13-17-7-3-1-4-8-17)28-25(34)36-16-18-9-5-2-6-10-18/h1-10,19-20,22-24,29-30,32-33,35H,11-16H2,(H,27,31)(H,28,34)/t19-,20+,22+,23-,24+,26-/m0/s1. The zero-order valence-electron chi connectivity index (χ0n) is 20.3. The average molecular weight is 519 g/mol. The summed E-state index contributed by atoms with van der Waals surface area (Å²) in [6, 6.07) is 16.2. The summed E-state index contributed by atoms with van der Waals surface area (Å²) in [5, 5.41) is 56.3. The first-order valence-electron chi connectivity index (χ1n) is 12.0. The molecule has 2 aromatic carbocycles. The molecule has 0 aliphatic carbocycles. The maximum Gasteiger partial charge on any atom is 0.407 e. The SMILES string of the molecule is O=C(CC[C@H](O)CO)NC[C@H]1O[C@@](O)(Cc2ccccc2)[C@H](NC(=O)OCc2ccccc2)[C@@H](O)[C@@H]1O. The average Bonchev–Trinajstić information content (AvgIpc) is 2.91. The van der Waals surface area contributed by atoms with E-state index in [1.165, 1.54) is 0 Å². The first kappa shape index (κ1) is 28.5. The Balaban J connectivity index is 1.70. The van der Waals surface area contributed by atoms with Crippen LogP contribution in [0.5, 0.6) is 0 Å². The molecule has 2 aromatic rings. The Morgan fingerprint density at radius 2 is 1.62 bits per heavy atom. The molecule has 202 valence electrons. The number of alkyl carbamates (subject to hydrolysis) is 1. The summed E-state index contributed by atoms with van der Waals surface area (Å²) in [4.78, 5) is 24.6. The number of hydrogen-bond donors (Lipinski definition) is 7. The third-order valence-corrected chi connectivity index (χ3v) is 6.12. The molecule has 1 saturated heterocycles. The lowest BCUT2D eigenvalue weighted by atomic mass is 9.86. The van der Waals surface area contributed by atoms with Gasteiger partial charge in [-0.25, -0.2) is 4.79 Å². The molecule has 2 amide bonds. The summed E-state index contributed by atoms with van der Waals surface area (Å²) in [6.45, 7) is -0.775. The Labute approximate surface area is 214 Å². The van der Waals surface area contributed by atoms with E-state index in [2.05, 4.69) is 10.6 Å². The highest BCUT2D eigenvalue weighted by Crippen LogP contribution is 2.31. The molecule has 6 atom stereocenters. The van der Waals surface area contributed by atoms with Gasteiger partial charge in [-0.15, -0.1) is 0 Å². The fourth-order valence-corrected chi connectivity index (χ4v) is 4.07. The highest BCUT2D eigenvalue weighted by molar-refractivity contribution is 5.75. The van der Waals surface area contributed by atoms with E-state index in [1.807, 2.05) is 6.07 Å². The van der Waals surface area contributed by atoms with Crippen molar-refractivity contribution in [3.8, 4) is 0 Å². The fourth-order valence-electron chi connectivity index (χ4n) is 4.07. The molecule has 11 nitrogen and oxygen atoms in total. The second-order valence-corrected chi connectivity index (χ2v) is 9.01. The van der Waals surface area contributed by atoms with Crippen molar-refractivity contribution in [3.05, 3.63) is 71.8 Å². The minimum absolute atomic E-state index is 0.0358. The van der Waals surface area contributed by atoms with Gasteiger partial charge in [0.25, 0.3) is 0 Å². The van der Waals surface area contributed by atoms with Crippen LogP contribution in [0.2, 0.25) is 0 Å². The molecular weight excluding hydrogens is 484 g/mol.